The van der Waals surface area contributed by atoms with Crippen LogP contribution < -0.4 is 5.32 Å². The lowest BCUT2D eigenvalue weighted by atomic mass is 9.86. The van der Waals surface area contributed by atoms with Gasteiger partial charge in [0.25, 0.3) is 0 Å². The number of Topliss-reactive ketones (excluding diaryl/α,β-unsaturated/α-hetero) is 1. The van der Waals surface area contributed by atoms with E-state index < -0.39 is 0 Å². The highest BCUT2D eigenvalue weighted by Crippen LogP contribution is 2.45. The average Bonchev–Trinajstić information content (AvgIpc) is 3.28. The second-order valence-corrected chi connectivity index (χ2v) is 9.52. The summed E-state index contributed by atoms with van der Waals surface area (Å²) in [4.78, 5) is 25.0. The molecule has 2 aliphatic carbocycles. The van der Waals surface area contributed by atoms with Crippen molar-refractivity contribution in [1.29, 1.82) is 0 Å². The van der Waals surface area contributed by atoms with Crippen LogP contribution in [0.15, 0.2) is 53.8 Å². The maximum Gasteiger partial charge on any atom is 0.247 e. The number of benzene rings is 1. The van der Waals surface area contributed by atoms with Gasteiger partial charge in [-0.15, -0.1) is 5.10 Å². The van der Waals surface area contributed by atoms with Crippen molar-refractivity contribution >= 4 is 23.3 Å². The van der Waals surface area contributed by atoms with Gasteiger partial charge in [0.1, 0.15) is 5.69 Å². The Bertz CT molecular complexity index is 1090. The van der Waals surface area contributed by atoms with E-state index in [0.717, 1.165) is 30.4 Å². The molecule has 0 saturated heterocycles. The third-order valence-electron chi connectivity index (χ3n) is 6.91. The van der Waals surface area contributed by atoms with E-state index in [1.165, 1.54) is 5.57 Å². The van der Waals surface area contributed by atoms with E-state index in [2.05, 4.69) is 29.1 Å². The van der Waals surface area contributed by atoms with Gasteiger partial charge in [0.05, 0.1) is 19.3 Å². The van der Waals surface area contributed by atoms with Crippen LogP contribution in [0.3, 0.4) is 0 Å². The highest BCUT2D eigenvalue weighted by atomic mass is 35.5. The Kier molecular flexibility index (Phi) is 6.60. The molecule has 0 spiro atoms. The number of amides is 1. The molecule has 6 nitrogen and oxygen atoms in total. The van der Waals surface area contributed by atoms with Crippen molar-refractivity contribution in [2.75, 3.05) is 0 Å². The lowest BCUT2D eigenvalue weighted by Crippen LogP contribution is -2.27. The number of hydrogen-bond donors (Lipinski definition) is 1. The quantitative estimate of drug-likeness (QED) is 0.655. The van der Waals surface area contributed by atoms with Gasteiger partial charge in [-0.1, -0.05) is 48.0 Å². The van der Waals surface area contributed by atoms with Crippen LogP contribution in [0.4, 0.5) is 0 Å². The summed E-state index contributed by atoms with van der Waals surface area (Å²) in [6.07, 6.45) is 5.13. The largest absolute Gasteiger partial charge is 0.347 e. The normalized spacial score (nSPS) is 23.1. The fraction of sp³-hybridized carbons (Fsp3) is 0.440. The summed E-state index contributed by atoms with van der Waals surface area (Å²) in [5, 5.41) is 11.9. The highest BCUT2D eigenvalue weighted by molar-refractivity contribution is 6.30. The van der Waals surface area contributed by atoms with Gasteiger partial charge in [-0.25, -0.2) is 4.68 Å². The average molecular weight is 453 g/mol. The summed E-state index contributed by atoms with van der Waals surface area (Å²) >= 11 is 6.04. The van der Waals surface area contributed by atoms with Crippen molar-refractivity contribution in [2.45, 2.75) is 52.6 Å². The van der Waals surface area contributed by atoms with Gasteiger partial charge in [-0.3, -0.25) is 9.59 Å². The first-order chi connectivity index (χ1) is 15.3. The molecule has 1 heterocycles. The summed E-state index contributed by atoms with van der Waals surface area (Å²) in [6, 6.07) is 7.60. The smallest absolute Gasteiger partial charge is 0.247 e. The van der Waals surface area contributed by atoms with Gasteiger partial charge in [-0.2, -0.15) is 0 Å². The van der Waals surface area contributed by atoms with E-state index >= 15 is 0 Å². The molecule has 0 aliphatic heterocycles. The number of rotatable bonds is 6. The Morgan fingerprint density at radius 1 is 1.31 bits per heavy atom. The zero-order valence-corrected chi connectivity index (χ0v) is 19.4. The number of aromatic nitrogens is 3. The van der Waals surface area contributed by atoms with Crippen molar-refractivity contribution in [1.82, 2.24) is 20.3 Å². The lowest BCUT2D eigenvalue weighted by molar-refractivity contribution is -0.118. The van der Waals surface area contributed by atoms with Gasteiger partial charge in [0.2, 0.25) is 5.91 Å². The Labute approximate surface area is 193 Å². The zero-order chi connectivity index (χ0) is 22.8. The Hall–Kier alpha value is -2.73. The van der Waals surface area contributed by atoms with E-state index in [-0.39, 0.29) is 17.6 Å². The lowest BCUT2D eigenvalue weighted by Gasteiger charge is -2.19. The minimum absolute atomic E-state index is 0.0665. The van der Waals surface area contributed by atoms with Crippen LogP contribution in [0, 0.1) is 17.8 Å². The predicted octanol–water partition coefficient (Wildman–Crippen LogP) is 4.49. The molecule has 1 amide bonds. The topological polar surface area (TPSA) is 76.9 Å². The summed E-state index contributed by atoms with van der Waals surface area (Å²) < 4.78 is 1.72. The molecular formula is C25H29ClN4O2. The third-order valence-corrected chi connectivity index (χ3v) is 7.15. The number of allylic oxidation sites excluding steroid dienone is 2. The molecule has 3 atom stereocenters. The van der Waals surface area contributed by atoms with Gasteiger partial charge in [-0.05, 0) is 67.2 Å². The molecule has 1 fully saturated rings. The molecule has 2 aromatic rings. The van der Waals surface area contributed by atoms with Crippen LogP contribution >= 0.6 is 11.6 Å². The van der Waals surface area contributed by atoms with Crippen LogP contribution in [0.25, 0.3) is 0 Å². The molecule has 1 aromatic carbocycles. The molecule has 1 N–H and O–H groups in total. The van der Waals surface area contributed by atoms with Crippen molar-refractivity contribution in [2.24, 2.45) is 17.8 Å². The second kappa shape index (κ2) is 9.41. The Morgan fingerprint density at radius 3 is 2.91 bits per heavy atom. The standard InChI is InChI=1S/C25H29ClN4O2/c1-15-7-8-19(10-23-17(3)24(31)11-22(15)23)16(2)25(32)27-12-21-14-30(29-28-21)13-18-5-4-6-20(26)9-18/h4-6,9,14-15,19,22H,2,7-8,10-13H2,1,3H3,(H,27,32)/t15-,19+,22-/m0/s1. The van der Waals surface area contributed by atoms with Crippen molar-refractivity contribution in [3.8, 4) is 0 Å². The molecule has 32 heavy (non-hydrogen) atoms. The molecule has 1 saturated carbocycles. The number of fused-ring (bicyclic) bond motifs is 1. The maximum atomic E-state index is 12.8. The maximum absolute atomic E-state index is 12.8. The number of nitrogens with one attached hydrogen (secondary N) is 1. The number of nitrogens with zero attached hydrogens (tertiary/aromatic N) is 3. The first-order valence-corrected chi connectivity index (χ1v) is 11.5. The molecular weight excluding hydrogens is 424 g/mol. The molecule has 4 rings (SSSR count). The summed E-state index contributed by atoms with van der Waals surface area (Å²) in [5.74, 6) is 0.956. The molecule has 0 unspecified atom stereocenters. The fourth-order valence-corrected chi connectivity index (χ4v) is 5.11. The summed E-state index contributed by atoms with van der Waals surface area (Å²) in [6.45, 7) is 9.11. The number of carbonyl (C=O) groups excluding carboxylic acids is 2. The molecule has 1 aromatic heterocycles. The van der Waals surface area contributed by atoms with Crippen LogP contribution in [-0.2, 0) is 22.7 Å². The van der Waals surface area contributed by atoms with Gasteiger partial charge >= 0.3 is 0 Å². The van der Waals surface area contributed by atoms with Crippen molar-refractivity contribution in [3.63, 3.8) is 0 Å². The molecule has 2 aliphatic rings. The van der Waals surface area contributed by atoms with Crippen molar-refractivity contribution < 1.29 is 9.59 Å². The van der Waals surface area contributed by atoms with E-state index in [0.29, 0.717) is 47.6 Å². The fourth-order valence-electron chi connectivity index (χ4n) is 4.90. The molecule has 0 radical (unpaired) electrons. The summed E-state index contributed by atoms with van der Waals surface area (Å²) in [7, 11) is 0. The van der Waals surface area contributed by atoms with Crippen LogP contribution in [0.5, 0.6) is 0 Å². The number of hydrogen-bond acceptors (Lipinski definition) is 4. The first kappa shape index (κ1) is 22.5. The van der Waals surface area contributed by atoms with Crippen LogP contribution in [0.1, 0.15) is 50.8 Å². The van der Waals surface area contributed by atoms with Crippen LogP contribution in [0.2, 0.25) is 5.02 Å². The summed E-state index contributed by atoms with van der Waals surface area (Å²) in [5.41, 5.74) is 4.44. The minimum Gasteiger partial charge on any atom is -0.347 e. The van der Waals surface area contributed by atoms with E-state index in [1.54, 1.807) is 4.68 Å². The highest BCUT2D eigenvalue weighted by Gasteiger charge is 2.37. The van der Waals surface area contributed by atoms with E-state index in [9.17, 15) is 9.59 Å². The Balaban J connectivity index is 1.35. The Morgan fingerprint density at radius 2 is 2.12 bits per heavy atom. The molecule has 7 heteroatoms. The second-order valence-electron chi connectivity index (χ2n) is 9.09. The zero-order valence-electron chi connectivity index (χ0n) is 18.6. The van der Waals surface area contributed by atoms with E-state index in [1.807, 2.05) is 37.4 Å². The predicted molar refractivity (Wildman–Crippen MR) is 124 cm³/mol. The van der Waals surface area contributed by atoms with Gasteiger partial charge in [0, 0.05) is 17.0 Å². The van der Waals surface area contributed by atoms with Gasteiger partial charge < -0.3 is 5.32 Å². The number of ketones is 1. The third kappa shape index (κ3) is 4.85. The van der Waals surface area contributed by atoms with Gasteiger partial charge in [0.15, 0.2) is 5.78 Å². The van der Waals surface area contributed by atoms with E-state index in [4.69, 9.17) is 11.6 Å². The first-order valence-electron chi connectivity index (χ1n) is 11.1. The minimum atomic E-state index is -0.159. The monoisotopic (exact) mass is 452 g/mol. The SMILES string of the molecule is C=C(C(=O)NCc1cn(Cc2cccc(Cl)c2)nn1)[C@@H]1CC[C@H](C)[C@@H]2CC(=O)C(C)=C2C1. The van der Waals surface area contributed by atoms with Crippen molar-refractivity contribution in [3.05, 3.63) is 70.0 Å². The number of carbonyl (C=O) groups is 2. The number of halogens is 1. The molecule has 0 bridgehead atoms. The molecule has 168 valence electrons. The van der Waals surface area contributed by atoms with Crippen LogP contribution in [-0.4, -0.2) is 26.7 Å².